The van der Waals surface area contributed by atoms with Gasteiger partial charge in [0.25, 0.3) is 0 Å². The lowest BCUT2D eigenvalue weighted by Crippen LogP contribution is -2.31. The maximum absolute atomic E-state index is 13.9. The number of rotatable bonds is 6. The number of aliphatic hydroxyl groups excluding tert-OH is 1. The molecule has 1 aromatic rings. The van der Waals surface area contributed by atoms with Gasteiger partial charge in [-0.3, -0.25) is 0 Å². The third-order valence-electron chi connectivity index (χ3n) is 3.29. The Morgan fingerprint density at radius 1 is 1.42 bits per heavy atom. The van der Waals surface area contributed by atoms with Crippen LogP contribution < -0.4 is 10.5 Å². The third-order valence-corrected chi connectivity index (χ3v) is 3.57. The van der Waals surface area contributed by atoms with Gasteiger partial charge in [-0.25, -0.2) is 4.39 Å². The van der Waals surface area contributed by atoms with Gasteiger partial charge in [0.2, 0.25) is 0 Å². The monoisotopic (exact) mass is 289 g/mol. The van der Waals surface area contributed by atoms with E-state index in [2.05, 4.69) is 0 Å². The van der Waals surface area contributed by atoms with E-state index in [0.717, 1.165) is 6.42 Å². The highest BCUT2D eigenvalue weighted by Gasteiger charge is 2.24. The maximum atomic E-state index is 13.9. The van der Waals surface area contributed by atoms with E-state index >= 15 is 0 Å². The van der Waals surface area contributed by atoms with Crippen molar-refractivity contribution in [1.82, 2.24) is 0 Å². The van der Waals surface area contributed by atoms with Crippen LogP contribution in [0.4, 0.5) is 4.39 Å². The molecular formula is C14H21ClFNO2. The van der Waals surface area contributed by atoms with Crippen molar-refractivity contribution in [2.75, 3.05) is 6.61 Å². The molecule has 0 saturated carbocycles. The first-order valence-corrected chi connectivity index (χ1v) is 6.85. The molecule has 0 amide bonds. The van der Waals surface area contributed by atoms with Gasteiger partial charge in [-0.2, -0.15) is 0 Å². The smallest absolute Gasteiger partial charge is 0.173 e. The normalized spacial score (nSPS) is 15.9. The van der Waals surface area contributed by atoms with Gasteiger partial charge < -0.3 is 15.6 Å². The molecule has 0 heterocycles. The molecule has 3 atom stereocenters. The van der Waals surface area contributed by atoms with E-state index in [9.17, 15) is 9.50 Å². The quantitative estimate of drug-likeness (QED) is 0.845. The van der Waals surface area contributed by atoms with Crippen LogP contribution in [0.2, 0.25) is 5.02 Å². The minimum absolute atomic E-state index is 0.0261. The third kappa shape index (κ3) is 3.81. The van der Waals surface area contributed by atoms with E-state index in [1.165, 1.54) is 6.07 Å². The van der Waals surface area contributed by atoms with Crippen LogP contribution in [0.1, 0.15) is 38.8 Å². The van der Waals surface area contributed by atoms with E-state index < -0.39 is 18.0 Å². The summed E-state index contributed by atoms with van der Waals surface area (Å²) < 4.78 is 19.0. The summed E-state index contributed by atoms with van der Waals surface area (Å²) in [7, 11) is 0. The van der Waals surface area contributed by atoms with Gasteiger partial charge in [0.1, 0.15) is 0 Å². The Kier molecular flexibility index (Phi) is 6.04. The van der Waals surface area contributed by atoms with Crippen molar-refractivity contribution >= 4 is 11.6 Å². The van der Waals surface area contributed by atoms with Gasteiger partial charge in [-0.05, 0) is 30.5 Å². The Morgan fingerprint density at radius 2 is 2.05 bits per heavy atom. The first kappa shape index (κ1) is 16.2. The molecule has 1 aromatic carbocycles. The highest BCUT2D eigenvalue weighted by molar-refractivity contribution is 6.32. The van der Waals surface area contributed by atoms with Gasteiger partial charge in [-0.15, -0.1) is 0 Å². The van der Waals surface area contributed by atoms with E-state index in [-0.39, 0.29) is 16.7 Å². The summed E-state index contributed by atoms with van der Waals surface area (Å²) >= 11 is 5.97. The molecule has 0 radical (unpaired) electrons. The highest BCUT2D eigenvalue weighted by atomic mass is 35.5. The van der Waals surface area contributed by atoms with Crippen LogP contribution in [0.15, 0.2) is 12.1 Å². The number of benzene rings is 1. The molecule has 0 aliphatic rings. The van der Waals surface area contributed by atoms with Gasteiger partial charge in [0.15, 0.2) is 11.6 Å². The molecule has 0 aliphatic heterocycles. The fourth-order valence-corrected chi connectivity index (χ4v) is 2.12. The fraction of sp³-hybridized carbons (Fsp3) is 0.571. The predicted octanol–water partition coefficient (Wildman–Crippen LogP) is 3.28. The molecule has 0 spiro atoms. The number of halogens is 2. The minimum atomic E-state index is -0.738. The molecule has 3 N–H and O–H groups in total. The summed E-state index contributed by atoms with van der Waals surface area (Å²) in [4.78, 5) is 0. The molecule has 0 aromatic heterocycles. The lowest BCUT2D eigenvalue weighted by molar-refractivity contribution is 0.0878. The molecule has 108 valence electrons. The largest absolute Gasteiger partial charge is 0.489 e. The second-order valence-corrected chi connectivity index (χ2v) is 5.06. The molecule has 0 aliphatic carbocycles. The lowest BCUT2D eigenvalue weighted by Gasteiger charge is -2.24. The maximum Gasteiger partial charge on any atom is 0.173 e. The van der Waals surface area contributed by atoms with E-state index in [0.29, 0.717) is 12.2 Å². The Bertz CT molecular complexity index is 405. The second kappa shape index (κ2) is 7.08. The van der Waals surface area contributed by atoms with Crippen molar-refractivity contribution in [1.29, 1.82) is 0 Å². The first-order chi connectivity index (χ1) is 8.92. The van der Waals surface area contributed by atoms with Crippen LogP contribution in [0, 0.1) is 11.7 Å². The summed E-state index contributed by atoms with van der Waals surface area (Å²) in [5.41, 5.74) is 6.43. The molecule has 0 bridgehead atoms. The lowest BCUT2D eigenvalue weighted by atomic mass is 9.91. The Labute approximate surface area is 118 Å². The molecule has 0 fully saturated rings. The molecule has 19 heavy (non-hydrogen) atoms. The van der Waals surface area contributed by atoms with Crippen LogP contribution in [0.3, 0.4) is 0 Å². The summed E-state index contributed by atoms with van der Waals surface area (Å²) in [6.07, 6.45) is 0.0562. The van der Waals surface area contributed by atoms with Gasteiger partial charge in [-0.1, -0.05) is 31.9 Å². The average molecular weight is 290 g/mol. The van der Waals surface area contributed by atoms with Crippen molar-refractivity contribution < 1.29 is 14.2 Å². The van der Waals surface area contributed by atoms with Crippen molar-refractivity contribution in [3.8, 4) is 5.75 Å². The Balaban J connectivity index is 3.02. The van der Waals surface area contributed by atoms with Crippen molar-refractivity contribution in [3.05, 3.63) is 28.5 Å². The highest BCUT2D eigenvalue weighted by Crippen LogP contribution is 2.32. The average Bonchev–Trinajstić information content (AvgIpc) is 2.40. The van der Waals surface area contributed by atoms with Crippen molar-refractivity contribution in [3.63, 3.8) is 0 Å². The van der Waals surface area contributed by atoms with E-state index in [1.54, 1.807) is 13.0 Å². The van der Waals surface area contributed by atoms with Crippen molar-refractivity contribution in [2.24, 2.45) is 11.7 Å². The predicted molar refractivity (Wildman–Crippen MR) is 75.0 cm³/mol. The second-order valence-electron chi connectivity index (χ2n) is 4.65. The van der Waals surface area contributed by atoms with Gasteiger partial charge in [0, 0.05) is 0 Å². The van der Waals surface area contributed by atoms with Crippen LogP contribution in [0.25, 0.3) is 0 Å². The topological polar surface area (TPSA) is 55.5 Å². The summed E-state index contributed by atoms with van der Waals surface area (Å²) in [6.45, 7) is 5.95. The van der Waals surface area contributed by atoms with Crippen molar-refractivity contribution in [2.45, 2.75) is 39.3 Å². The zero-order valence-electron chi connectivity index (χ0n) is 11.5. The zero-order valence-corrected chi connectivity index (χ0v) is 12.2. The van der Waals surface area contributed by atoms with Gasteiger partial charge >= 0.3 is 0 Å². The summed E-state index contributed by atoms with van der Waals surface area (Å²) in [5, 5.41) is 10.2. The summed E-state index contributed by atoms with van der Waals surface area (Å²) in [5.74, 6) is -0.502. The molecule has 1 rings (SSSR count). The Hall–Kier alpha value is -0.840. The zero-order chi connectivity index (χ0) is 14.6. The minimum Gasteiger partial charge on any atom is -0.489 e. The molecule has 3 nitrogen and oxygen atoms in total. The Morgan fingerprint density at radius 3 is 2.53 bits per heavy atom. The van der Waals surface area contributed by atoms with Crippen LogP contribution in [-0.2, 0) is 0 Å². The number of nitrogens with two attached hydrogens (primary N) is 1. The molecular weight excluding hydrogens is 269 g/mol. The summed E-state index contributed by atoms with van der Waals surface area (Å²) in [6, 6.07) is 2.15. The van der Waals surface area contributed by atoms with E-state index in [1.807, 2.05) is 13.8 Å². The standard InChI is InChI=1S/C14H21ClFNO2/c1-4-8(3)13(18)12(17)9-6-10(15)14(19-5-2)11(16)7-9/h6-8,12-13,18H,4-5,17H2,1-3H3/t8?,12-,13+/m0/s1. The van der Waals surface area contributed by atoms with Crippen LogP contribution in [0.5, 0.6) is 5.75 Å². The number of hydrogen-bond donors (Lipinski definition) is 2. The number of ether oxygens (including phenoxy) is 1. The van der Waals surface area contributed by atoms with Gasteiger partial charge in [0.05, 0.1) is 23.8 Å². The SMILES string of the molecule is CCOc1c(F)cc([C@H](N)[C@H](O)C(C)CC)cc1Cl. The van der Waals surface area contributed by atoms with Crippen LogP contribution >= 0.6 is 11.6 Å². The van der Waals surface area contributed by atoms with Crippen LogP contribution in [-0.4, -0.2) is 17.8 Å². The van der Waals surface area contributed by atoms with E-state index in [4.69, 9.17) is 22.1 Å². The number of hydrogen-bond acceptors (Lipinski definition) is 3. The number of aliphatic hydroxyl groups is 1. The fourth-order valence-electron chi connectivity index (χ4n) is 1.85. The molecule has 0 saturated heterocycles. The molecule has 1 unspecified atom stereocenters. The molecule has 5 heteroatoms. The first-order valence-electron chi connectivity index (χ1n) is 6.47.